The third-order valence-electron chi connectivity index (χ3n) is 3.80. The molecule has 25 heavy (non-hydrogen) atoms. The van der Waals surface area contributed by atoms with Gasteiger partial charge >= 0.3 is 0 Å². The highest BCUT2D eigenvalue weighted by atomic mass is 16.5. The Labute approximate surface area is 149 Å². The van der Waals surface area contributed by atoms with Crippen LogP contribution in [0, 0.1) is 5.92 Å². The largest absolute Gasteiger partial charge is 0.496 e. The van der Waals surface area contributed by atoms with E-state index in [0.29, 0.717) is 30.4 Å². The summed E-state index contributed by atoms with van der Waals surface area (Å²) in [6, 6.07) is 9.47. The van der Waals surface area contributed by atoms with E-state index >= 15 is 0 Å². The van der Waals surface area contributed by atoms with E-state index in [9.17, 15) is 4.79 Å². The minimum absolute atomic E-state index is 0.204. The second-order valence-corrected chi connectivity index (χ2v) is 6.22. The van der Waals surface area contributed by atoms with Gasteiger partial charge in [0.15, 0.2) is 0 Å². The van der Waals surface area contributed by atoms with Crippen molar-refractivity contribution in [3.05, 3.63) is 47.9 Å². The first-order valence-corrected chi connectivity index (χ1v) is 8.56. The van der Waals surface area contributed by atoms with E-state index in [1.54, 1.807) is 13.2 Å². The highest BCUT2D eigenvalue weighted by Crippen LogP contribution is 2.17. The zero-order valence-corrected chi connectivity index (χ0v) is 15.1. The van der Waals surface area contributed by atoms with E-state index < -0.39 is 0 Å². The number of nitrogens with zero attached hydrogens (tertiary/aromatic N) is 2. The number of ether oxygens (including phenoxy) is 1. The van der Waals surface area contributed by atoms with Crippen LogP contribution in [0.15, 0.2) is 36.7 Å². The second kappa shape index (κ2) is 9.61. The van der Waals surface area contributed by atoms with E-state index in [1.165, 1.54) is 6.33 Å². The molecule has 0 saturated heterocycles. The smallest absolute Gasteiger partial charge is 0.270 e. The summed E-state index contributed by atoms with van der Waals surface area (Å²) in [7, 11) is 1.64. The molecule has 6 heteroatoms. The number of nitrogens with one attached hydrogen (secondary N) is 2. The Balaban J connectivity index is 1.86. The molecule has 1 aromatic heterocycles. The molecule has 0 radical (unpaired) electrons. The Hall–Kier alpha value is -2.63. The van der Waals surface area contributed by atoms with Gasteiger partial charge in [-0.15, -0.1) is 0 Å². The quantitative estimate of drug-likeness (QED) is 0.733. The summed E-state index contributed by atoms with van der Waals surface area (Å²) in [4.78, 5) is 20.5. The molecule has 134 valence electrons. The number of methoxy groups -OCH3 is 1. The summed E-state index contributed by atoms with van der Waals surface area (Å²) in [5, 5.41) is 6.11. The zero-order valence-electron chi connectivity index (χ0n) is 15.1. The van der Waals surface area contributed by atoms with E-state index in [2.05, 4.69) is 34.4 Å². The van der Waals surface area contributed by atoms with Crippen molar-refractivity contribution >= 4 is 11.7 Å². The fraction of sp³-hybridized carbons (Fsp3) is 0.421. The van der Waals surface area contributed by atoms with Crippen molar-refractivity contribution in [2.24, 2.45) is 5.92 Å². The third kappa shape index (κ3) is 6.06. The maximum Gasteiger partial charge on any atom is 0.270 e. The summed E-state index contributed by atoms with van der Waals surface area (Å²) in [6.07, 6.45) is 3.15. The number of carbonyl (C=O) groups excluding carboxylic acids is 1. The molecule has 2 N–H and O–H groups in total. The van der Waals surface area contributed by atoms with Gasteiger partial charge in [-0.1, -0.05) is 32.0 Å². The van der Waals surface area contributed by atoms with Crippen LogP contribution in [0.2, 0.25) is 0 Å². The van der Waals surface area contributed by atoms with Crippen molar-refractivity contribution in [2.75, 3.05) is 25.5 Å². The molecule has 0 atom stereocenters. The molecular weight excluding hydrogens is 316 g/mol. The SMILES string of the molecule is COc1ccccc1CCNC(=O)c1cc(NCCC(C)C)ncn1. The first-order valence-electron chi connectivity index (χ1n) is 8.56. The first-order chi connectivity index (χ1) is 12.1. The predicted octanol–water partition coefficient (Wildman–Crippen LogP) is 2.92. The van der Waals surface area contributed by atoms with Gasteiger partial charge in [0.2, 0.25) is 0 Å². The van der Waals surface area contributed by atoms with Gasteiger partial charge in [0, 0.05) is 19.2 Å². The Morgan fingerprint density at radius 3 is 2.76 bits per heavy atom. The summed E-state index contributed by atoms with van der Waals surface area (Å²) in [5.41, 5.74) is 1.42. The number of hydrogen-bond acceptors (Lipinski definition) is 5. The fourth-order valence-electron chi connectivity index (χ4n) is 2.38. The van der Waals surface area contributed by atoms with Gasteiger partial charge in [0.05, 0.1) is 7.11 Å². The molecule has 2 rings (SSSR count). The van der Waals surface area contributed by atoms with Gasteiger partial charge in [-0.25, -0.2) is 9.97 Å². The molecule has 0 unspecified atom stereocenters. The summed E-state index contributed by atoms with van der Waals surface area (Å²) in [5.74, 6) is 1.91. The maximum atomic E-state index is 12.3. The van der Waals surface area contributed by atoms with Crippen molar-refractivity contribution in [3.8, 4) is 5.75 Å². The van der Waals surface area contributed by atoms with Crippen LogP contribution in [0.5, 0.6) is 5.75 Å². The lowest BCUT2D eigenvalue weighted by Crippen LogP contribution is -2.26. The lowest BCUT2D eigenvalue weighted by Gasteiger charge is -2.10. The van der Waals surface area contributed by atoms with Gasteiger partial charge in [0.25, 0.3) is 5.91 Å². The molecule has 0 fully saturated rings. The molecule has 0 spiro atoms. The molecule has 0 aliphatic heterocycles. The van der Waals surface area contributed by atoms with Crippen LogP contribution < -0.4 is 15.4 Å². The molecule has 2 aromatic rings. The fourth-order valence-corrected chi connectivity index (χ4v) is 2.38. The second-order valence-electron chi connectivity index (χ2n) is 6.22. The lowest BCUT2D eigenvalue weighted by molar-refractivity contribution is 0.0949. The van der Waals surface area contributed by atoms with Crippen molar-refractivity contribution in [1.82, 2.24) is 15.3 Å². The van der Waals surface area contributed by atoms with Gasteiger partial charge in [0.1, 0.15) is 23.6 Å². The number of carbonyl (C=O) groups is 1. The van der Waals surface area contributed by atoms with Crippen molar-refractivity contribution < 1.29 is 9.53 Å². The van der Waals surface area contributed by atoms with Crippen LogP contribution in [0.1, 0.15) is 36.3 Å². The summed E-state index contributed by atoms with van der Waals surface area (Å²) >= 11 is 0. The van der Waals surface area contributed by atoms with Crippen molar-refractivity contribution in [3.63, 3.8) is 0 Å². The molecule has 1 amide bonds. The molecule has 6 nitrogen and oxygen atoms in total. The van der Waals surface area contributed by atoms with Gasteiger partial charge < -0.3 is 15.4 Å². The van der Waals surface area contributed by atoms with Gasteiger partial charge in [-0.2, -0.15) is 0 Å². The minimum Gasteiger partial charge on any atom is -0.496 e. The average Bonchev–Trinajstić information content (AvgIpc) is 2.62. The van der Waals surface area contributed by atoms with Crippen LogP contribution in [-0.4, -0.2) is 36.1 Å². The highest BCUT2D eigenvalue weighted by molar-refractivity contribution is 5.92. The number of para-hydroxylation sites is 1. The van der Waals surface area contributed by atoms with Crippen LogP contribution in [0.25, 0.3) is 0 Å². The van der Waals surface area contributed by atoms with E-state index in [-0.39, 0.29) is 5.91 Å². The highest BCUT2D eigenvalue weighted by Gasteiger charge is 2.09. The first kappa shape index (κ1) is 18.7. The van der Waals surface area contributed by atoms with Crippen molar-refractivity contribution in [2.45, 2.75) is 26.7 Å². The predicted molar refractivity (Wildman–Crippen MR) is 99.0 cm³/mol. The average molecular weight is 342 g/mol. The number of rotatable bonds is 9. The Kier molecular flexibility index (Phi) is 7.19. The number of amides is 1. The molecular formula is C19H26N4O2. The molecule has 0 aliphatic carbocycles. The van der Waals surface area contributed by atoms with E-state index in [0.717, 1.165) is 24.3 Å². The minimum atomic E-state index is -0.204. The maximum absolute atomic E-state index is 12.3. The number of aromatic nitrogens is 2. The zero-order chi connectivity index (χ0) is 18.1. The normalized spacial score (nSPS) is 10.6. The number of hydrogen-bond donors (Lipinski definition) is 2. The molecule has 0 saturated carbocycles. The third-order valence-corrected chi connectivity index (χ3v) is 3.80. The standard InChI is InChI=1S/C19H26N4O2/c1-14(2)8-10-20-18-12-16(22-13-23-18)19(24)21-11-9-15-6-4-5-7-17(15)25-3/h4-7,12-14H,8-11H2,1-3H3,(H,21,24)(H,20,22,23). The monoisotopic (exact) mass is 342 g/mol. The Morgan fingerprint density at radius 1 is 1.20 bits per heavy atom. The summed E-state index contributed by atoms with van der Waals surface area (Å²) < 4.78 is 5.32. The van der Waals surface area contributed by atoms with Crippen LogP contribution in [0.4, 0.5) is 5.82 Å². The number of benzene rings is 1. The van der Waals surface area contributed by atoms with Crippen LogP contribution >= 0.6 is 0 Å². The Morgan fingerprint density at radius 2 is 2.00 bits per heavy atom. The topological polar surface area (TPSA) is 76.1 Å². The van der Waals surface area contributed by atoms with Crippen LogP contribution in [-0.2, 0) is 6.42 Å². The summed E-state index contributed by atoms with van der Waals surface area (Å²) in [6.45, 7) is 5.67. The van der Waals surface area contributed by atoms with Gasteiger partial charge in [-0.3, -0.25) is 4.79 Å². The van der Waals surface area contributed by atoms with E-state index in [1.807, 2.05) is 24.3 Å². The van der Waals surface area contributed by atoms with Crippen LogP contribution in [0.3, 0.4) is 0 Å². The molecule has 0 aliphatic rings. The number of anilines is 1. The molecule has 1 heterocycles. The lowest BCUT2D eigenvalue weighted by atomic mass is 10.1. The Bertz CT molecular complexity index is 689. The molecule has 0 bridgehead atoms. The van der Waals surface area contributed by atoms with E-state index in [4.69, 9.17) is 4.74 Å². The van der Waals surface area contributed by atoms with Crippen molar-refractivity contribution in [1.29, 1.82) is 0 Å². The molecule has 1 aromatic carbocycles. The van der Waals surface area contributed by atoms with Gasteiger partial charge in [-0.05, 0) is 30.4 Å².